The monoisotopic (exact) mass is 218 g/mol. The van der Waals surface area contributed by atoms with Crippen molar-refractivity contribution in [3.05, 3.63) is 41.5 Å². The summed E-state index contributed by atoms with van der Waals surface area (Å²) in [5.41, 5.74) is 1.48. The molecule has 1 heterocycles. The Morgan fingerprint density at radius 1 is 1.31 bits per heavy atom. The quantitative estimate of drug-likeness (QED) is 0.616. The number of fused-ring (bicyclic) bond motifs is 1. The molecule has 0 saturated carbocycles. The predicted molar refractivity (Wildman–Crippen MR) is 56.7 cm³/mol. The Bertz CT molecular complexity index is 474. The fourth-order valence-corrected chi connectivity index (χ4v) is 1.58. The lowest BCUT2D eigenvalue weighted by atomic mass is 10.1. The minimum absolute atomic E-state index is 0.308. The van der Waals surface area contributed by atoms with Gasteiger partial charge in [-0.25, -0.2) is 4.79 Å². The lowest BCUT2D eigenvalue weighted by Crippen LogP contribution is -1.97. The molecule has 1 N–H and O–H groups in total. The smallest absolute Gasteiger partial charge is 0.328 e. The number of carboxylic acid groups (broad SMARTS) is 1. The normalized spacial score (nSPS) is 13.5. The third-order valence-electron chi connectivity index (χ3n) is 2.35. The van der Waals surface area contributed by atoms with E-state index in [0.29, 0.717) is 12.2 Å². The van der Waals surface area contributed by atoms with Gasteiger partial charge in [-0.1, -0.05) is 0 Å². The van der Waals surface area contributed by atoms with Crippen molar-refractivity contribution >= 4 is 11.8 Å². The highest BCUT2D eigenvalue weighted by Gasteiger charge is 2.13. The summed E-state index contributed by atoms with van der Waals surface area (Å²) in [6.45, 7) is 0.637. The summed E-state index contributed by atoms with van der Waals surface area (Å²) in [6.07, 6.45) is 2.69. The molecule has 4 nitrogen and oxygen atoms in total. The predicted octanol–water partition coefficient (Wildman–Crippen LogP) is 1.45. The topological polar surface area (TPSA) is 63.6 Å². The fraction of sp³-hybridized carbons (Fsp3) is 0.167. The molecule has 0 spiro atoms. The molecule has 0 amide bonds. The van der Waals surface area contributed by atoms with Gasteiger partial charge in [0.25, 0.3) is 0 Å². The van der Waals surface area contributed by atoms with Crippen molar-refractivity contribution in [3.8, 4) is 5.75 Å². The van der Waals surface area contributed by atoms with E-state index in [4.69, 9.17) is 9.84 Å². The summed E-state index contributed by atoms with van der Waals surface area (Å²) in [6, 6.07) is 5.12. The molecule has 2 rings (SSSR count). The van der Waals surface area contributed by atoms with Gasteiger partial charge in [-0.3, -0.25) is 4.79 Å². The standard InChI is InChI=1S/C12H10O4/c13-10(2-4-12(14)15)8-1-3-11-9(7-8)5-6-16-11/h1-4,7H,5-6H2,(H,14,15)/b4-2+. The van der Waals surface area contributed by atoms with Gasteiger partial charge in [-0.05, 0) is 29.8 Å². The van der Waals surface area contributed by atoms with Gasteiger partial charge in [0.1, 0.15) is 5.75 Å². The number of allylic oxidation sites excluding steroid dienone is 1. The number of carbonyl (C=O) groups excluding carboxylic acids is 1. The number of ketones is 1. The molecule has 82 valence electrons. The minimum Gasteiger partial charge on any atom is -0.493 e. The first-order valence-corrected chi connectivity index (χ1v) is 4.88. The van der Waals surface area contributed by atoms with Crippen LogP contribution in [0.2, 0.25) is 0 Å². The Morgan fingerprint density at radius 3 is 2.88 bits per heavy atom. The maximum absolute atomic E-state index is 11.6. The van der Waals surface area contributed by atoms with Gasteiger partial charge in [0.05, 0.1) is 6.61 Å². The van der Waals surface area contributed by atoms with Crippen molar-refractivity contribution in [2.75, 3.05) is 6.61 Å². The molecule has 16 heavy (non-hydrogen) atoms. The van der Waals surface area contributed by atoms with Crippen LogP contribution in [0.1, 0.15) is 15.9 Å². The Hall–Kier alpha value is -2.10. The highest BCUT2D eigenvalue weighted by atomic mass is 16.5. The van der Waals surface area contributed by atoms with Gasteiger partial charge < -0.3 is 9.84 Å². The molecule has 0 radical (unpaired) electrons. The number of aliphatic carboxylic acids is 1. The van der Waals surface area contributed by atoms with Crippen molar-refractivity contribution < 1.29 is 19.4 Å². The van der Waals surface area contributed by atoms with Crippen LogP contribution in [-0.4, -0.2) is 23.5 Å². The van der Waals surface area contributed by atoms with Crippen LogP contribution in [0.15, 0.2) is 30.4 Å². The van der Waals surface area contributed by atoms with Crippen LogP contribution in [0.25, 0.3) is 0 Å². The van der Waals surface area contributed by atoms with Crippen LogP contribution in [0.4, 0.5) is 0 Å². The highest BCUT2D eigenvalue weighted by molar-refractivity contribution is 6.07. The number of carboxylic acids is 1. The second-order valence-corrected chi connectivity index (χ2v) is 3.46. The highest BCUT2D eigenvalue weighted by Crippen LogP contribution is 2.25. The average molecular weight is 218 g/mol. The molecular formula is C12H10O4. The van der Waals surface area contributed by atoms with Crippen LogP contribution < -0.4 is 4.74 Å². The minimum atomic E-state index is -1.13. The molecule has 4 heteroatoms. The van der Waals surface area contributed by atoms with Crippen LogP contribution in [0.5, 0.6) is 5.75 Å². The van der Waals surface area contributed by atoms with E-state index < -0.39 is 5.97 Å². The second-order valence-electron chi connectivity index (χ2n) is 3.46. The molecule has 1 aromatic rings. The first-order chi connectivity index (χ1) is 7.66. The average Bonchev–Trinajstić information content (AvgIpc) is 2.72. The summed E-state index contributed by atoms with van der Waals surface area (Å²) in [5, 5.41) is 8.41. The van der Waals surface area contributed by atoms with Gasteiger partial charge in [0.2, 0.25) is 0 Å². The van der Waals surface area contributed by atoms with E-state index in [1.165, 1.54) is 0 Å². The SMILES string of the molecule is O=C(O)/C=C/C(=O)c1ccc2c(c1)CCO2. The number of hydrogen-bond acceptors (Lipinski definition) is 3. The molecular weight excluding hydrogens is 208 g/mol. The largest absolute Gasteiger partial charge is 0.493 e. The van der Waals surface area contributed by atoms with Crippen molar-refractivity contribution in [3.63, 3.8) is 0 Å². The van der Waals surface area contributed by atoms with Crippen LogP contribution >= 0.6 is 0 Å². The summed E-state index contributed by atoms with van der Waals surface area (Å²) in [7, 11) is 0. The Kier molecular flexibility index (Phi) is 2.72. The van der Waals surface area contributed by atoms with Crippen LogP contribution in [0, 0.1) is 0 Å². The number of ether oxygens (including phenoxy) is 1. The maximum atomic E-state index is 11.6. The van der Waals surface area contributed by atoms with E-state index in [1.807, 2.05) is 0 Å². The first kappa shape index (κ1) is 10.4. The van der Waals surface area contributed by atoms with E-state index in [0.717, 1.165) is 29.9 Å². The van der Waals surface area contributed by atoms with E-state index in [1.54, 1.807) is 18.2 Å². The van der Waals surface area contributed by atoms with Crippen LogP contribution in [-0.2, 0) is 11.2 Å². The molecule has 1 aliphatic heterocycles. The first-order valence-electron chi connectivity index (χ1n) is 4.88. The van der Waals surface area contributed by atoms with Gasteiger partial charge in [0.15, 0.2) is 5.78 Å². The summed E-state index contributed by atoms with van der Waals surface area (Å²) in [5.74, 6) is -0.631. The van der Waals surface area contributed by atoms with Crippen molar-refractivity contribution in [1.82, 2.24) is 0 Å². The lowest BCUT2D eigenvalue weighted by molar-refractivity contribution is -0.131. The molecule has 0 aromatic heterocycles. The molecule has 0 bridgehead atoms. The fourth-order valence-electron chi connectivity index (χ4n) is 1.58. The van der Waals surface area contributed by atoms with Crippen molar-refractivity contribution in [2.24, 2.45) is 0 Å². The van der Waals surface area contributed by atoms with E-state index >= 15 is 0 Å². The summed E-state index contributed by atoms with van der Waals surface area (Å²) in [4.78, 5) is 21.8. The maximum Gasteiger partial charge on any atom is 0.328 e. The van der Waals surface area contributed by atoms with Gasteiger partial charge in [0, 0.05) is 18.1 Å². The Balaban J connectivity index is 2.21. The summed E-state index contributed by atoms with van der Waals surface area (Å²) >= 11 is 0. The lowest BCUT2D eigenvalue weighted by Gasteiger charge is -2.00. The third-order valence-corrected chi connectivity index (χ3v) is 2.35. The van der Waals surface area contributed by atoms with E-state index in [2.05, 4.69) is 0 Å². The third kappa shape index (κ3) is 2.11. The summed E-state index contributed by atoms with van der Waals surface area (Å²) < 4.78 is 5.31. The molecule has 0 atom stereocenters. The molecule has 0 aliphatic carbocycles. The molecule has 1 aromatic carbocycles. The molecule has 0 unspecified atom stereocenters. The number of hydrogen-bond donors (Lipinski definition) is 1. The van der Waals surface area contributed by atoms with Crippen molar-refractivity contribution in [2.45, 2.75) is 6.42 Å². The number of carbonyl (C=O) groups is 2. The van der Waals surface area contributed by atoms with E-state index in [9.17, 15) is 9.59 Å². The van der Waals surface area contributed by atoms with Crippen molar-refractivity contribution in [1.29, 1.82) is 0 Å². The zero-order chi connectivity index (χ0) is 11.5. The second kappa shape index (κ2) is 4.18. The van der Waals surface area contributed by atoms with Gasteiger partial charge in [-0.15, -0.1) is 0 Å². The molecule has 0 saturated heterocycles. The Labute approximate surface area is 92.2 Å². The number of benzene rings is 1. The molecule has 0 fully saturated rings. The number of rotatable bonds is 3. The zero-order valence-corrected chi connectivity index (χ0v) is 8.47. The van der Waals surface area contributed by atoms with E-state index in [-0.39, 0.29) is 5.78 Å². The Morgan fingerprint density at radius 2 is 2.12 bits per heavy atom. The molecule has 1 aliphatic rings. The zero-order valence-electron chi connectivity index (χ0n) is 8.47. The van der Waals surface area contributed by atoms with Gasteiger partial charge >= 0.3 is 5.97 Å². The van der Waals surface area contributed by atoms with Crippen LogP contribution in [0.3, 0.4) is 0 Å². The van der Waals surface area contributed by atoms with Gasteiger partial charge in [-0.2, -0.15) is 0 Å².